The molecule has 0 spiro atoms. The fourth-order valence-electron chi connectivity index (χ4n) is 7.73. The van der Waals surface area contributed by atoms with E-state index in [1.54, 1.807) is 0 Å². The minimum absolute atomic E-state index is 0.853. The molecule has 1 heterocycles. The van der Waals surface area contributed by atoms with Gasteiger partial charge in [-0.2, -0.15) is 0 Å². The van der Waals surface area contributed by atoms with Crippen LogP contribution in [-0.4, -0.2) is 9.97 Å². The lowest BCUT2D eigenvalue weighted by molar-refractivity contribution is 1.29. The highest BCUT2D eigenvalue weighted by atomic mass is 15.1. The number of hydrogen-bond acceptors (Lipinski definition) is 4. The van der Waals surface area contributed by atoms with Crippen LogP contribution in [0.15, 0.2) is 206 Å². The van der Waals surface area contributed by atoms with Crippen LogP contribution in [0.1, 0.15) is 0 Å². The molecule has 4 heteroatoms. The van der Waals surface area contributed by atoms with E-state index in [1.165, 1.54) is 10.8 Å². The van der Waals surface area contributed by atoms with Gasteiger partial charge < -0.3 is 9.80 Å². The summed E-state index contributed by atoms with van der Waals surface area (Å²) in [5.41, 5.74) is 10.2. The van der Waals surface area contributed by atoms with Crippen molar-refractivity contribution in [3.63, 3.8) is 0 Å². The number of para-hydroxylation sites is 3. The molecule has 4 nitrogen and oxygen atoms in total. The summed E-state index contributed by atoms with van der Waals surface area (Å²) in [6, 6.07) is 70.7. The highest BCUT2D eigenvalue weighted by Gasteiger charge is 2.20. The highest BCUT2D eigenvalue weighted by Crippen LogP contribution is 2.44. The topological polar surface area (TPSA) is 32.3 Å². The van der Waals surface area contributed by atoms with E-state index in [1.807, 2.05) is 24.4 Å². The Labute approximate surface area is 313 Å². The molecule has 1 aromatic heterocycles. The van der Waals surface area contributed by atoms with Gasteiger partial charge in [0.05, 0.1) is 28.6 Å². The Balaban J connectivity index is 1.27. The molecule has 0 atom stereocenters. The first kappa shape index (κ1) is 31.4. The minimum atomic E-state index is 0.853. The summed E-state index contributed by atoms with van der Waals surface area (Å²) in [4.78, 5) is 15.1. The summed E-state index contributed by atoms with van der Waals surface area (Å²) in [6.07, 6.45) is 1.91. The molecule has 10 aromatic rings. The second kappa shape index (κ2) is 13.4. The first-order chi connectivity index (χ1) is 26.8. The fraction of sp³-hybridized carbons (Fsp3) is 0. The molecule has 0 radical (unpaired) electrons. The van der Waals surface area contributed by atoms with Gasteiger partial charge in [0.25, 0.3) is 0 Å². The van der Waals surface area contributed by atoms with Crippen molar-refractivity contribution in [2.24, 2.45) is 0 Å². The molecular weight excluding hydrogens is 657 g/mol. The van der Waals surface area contributed by atoms with Crippen LogP contribution in [0.4, 0.5) is 34.1 Å². The van der Waals surface area contributed by atoms with Crippen LogP contribution in [0.5, 0.6) is 0 Å². The largest absolute Gasteiger partial charge is 0.310 e. The molecule has 0 saturated carbocycles. The van der Waals surface area contributed by atoms with E-state index < -0.39 is 0 Å². The van der Waals surface area contributed by atoms with Gasteiger partial charge in [-0.05, 0) is 82.9 Å². The van der Waals surface area contributed by atoms with Crippen molar-refractivity contribution in [2.45, 2.75) is 0 Å². The van der Waals surface area contributed by atoms with E-state index in [2.05, 4.69) is 192 Å². The molecule has 54 heavy (non-hydrogen) atoms. The number of fused-ring (bicyclic) bond motifs is 7. The van der Waals surface area contributed by atoms with E-state index in [-0.39, 0.29) is 0 Å². The maximum atomic E-state index is 5.31. The first-order valence-corrected chi connectivity index (χ1v) is 18.2. The van der Waals surface area contributed by atoms with Gasteiger partial charge in [0, 0.05) is 50.2 Å². The van der Waals surface area contributed by atoms with Gasteiger partial charge in [-0.1, -0.05) is 133 Å². The van der Waals surface area contributed by atoms with Crippen LogP contribution in [0.2, 0.25) is 0 Å². The Morgan fingerprint density at radius 1 is 0.333 bits per heavy atom. The molecule has 0 saturated heterocycles. The third-order valence-corrected chi connectivity index (χ3v) is 10.2. The number of aromatic nitrogens is 2. The van der Waals surface area contributed by atoms with Crippen molar-refractivity contribution in [3.05, 3.63) is 206 Å². The maximum absolute atomic E-state index is 5.31. The highest BCUT2D eigenvalue weighted by molar-refractivity contribution is 6.24. The zero-order valence-corrected chi connectivity index (χ0v) is 29.4. The van der Waals surface area contributed by atoms with Gasteiger partial charge in [0.15, 0.2) is 0 Å². The maximum Gasteiger partial charge on any atom is 0.0979 e. The van der Waals surface area contributed by atoms with Crippen LogP contribution >= 0.6 is 0 Å². The van der Waals surface area contributed by atoms with E-state index in [9.17, 15) is 0 Å². The molecule has 0 aliphatic rings. The second-order valence-electron chi connectivity index (χ2n) is 13.5. The van der Waals surface area contributed by atoms with E-state index in [0.717, 1.165) is 78.0 Å². The summed E-state index contributed by atoms with van der Waals surface area (Å²) >= 11 is 0. The van der Waals surface area contributed by atoms with Crippen molar-refractivity contribution in [1.29, 1.82) is 0 Å². The predicted octanol–water partition coefficient (Wildman–Crippen LogP) is 13.7. The molecular formula is C50H34N4. The van der Waals surface area contributed by atoms with Crippen LogP contribution < -0.4 is 9.80 Å². The van der Waals surface area contributed by atoms with Crippen LogP contribution in [0.25, 0.3) is 54.6 Å². The number of rotatable bonds is 7. The third-order valence-electron chi connectivity index (χ3n) is 10.2. The van der Waals surface area contributed by atoms with Gasteiger partial charge in [-0.3, -0.25) is 4.98 Å². The lowest BCUT2D eigenvalue weighted by atomic mass is 9.97. The summed E-state index contributed by atoms with van der Waals surface area (Å²) in [5, 5.41) is 6.73. The van der Waals surface area contributed by atoms with Gasteiger partial charge >= 0.3 is 0 Å². The smallest absolute Gasteiger partial charge is 0.0979 e. The van der Waals surface area contributed by atoms with E-state index in [0.29, 0.717) is 0 Å². The third kappa shape index (κ3) is 5.49. The SMILES string of the molecule is c1ccc(-c2cnc3c4ccc(N(c5ccccc5)c5cccc6ccccc56)cc4c4cc(N(c5ccccc5)c5ccccc5)ccc4c3n2)cc1. The Bertz CT molecular complexity index is 2890. The standard InChI is InChI=1S/C50H34N4/c1-5-17-36(18-6-1)47-34-51-49-43-30-29-41(54(39-24-11-4-12-25-39)48-27-15-19-35-16-13-14-26-42(35)48)33-45(43)46-32-40(28-31-44(46)50(49)52-47)53(37-20-7-2-8-21-37)38-22-9-3-10-23-38/h1-34H. The summed E-state index contributed by atoms with van der Waals surface area (Å²) < 4.78 is 0. The van der Waals surface area contributed by atoms with Gasteiger partial charge in [-0.15, -0.1) is 0 Å². The van der Waals surface area contributed by atoms with Crippen molar-refractivity contribution >= 4 is 77.5 Å². The molecule has 0 unspecified atom stereocenters. The number of hydrogen-bond donors (Lipinski definition) is 0. The number of nitrogens with zero attached hydrogens (tertiary/aromatic N) is 4. The quantitative estimate of drug-likeness (QED) is 0.156. The van der Waals surface area contributed by atoms with Gasteiger partial charge in [-0.25, -0.2) is 4.98 Å². The fourth-order valence-corrected chi connectivity index (χ4v) is 7.73. The van der Waals surface area contributed by atoms with Crippen molar-refractivity contribution < 1.29 is 0 Å². The Hall–Kier alpha value is -7.30. The molecule has 0 N–H and O–H groups in total. The van der Waals surface area contributed by atoms with Crippen LogP contribution in [0, 0.1) is 0 Å². The monoisotopic (exact) mass is 690 g/mol. The first-order valence-electron chi connectivity index (χ1n) is 18.2. The van der Waals surface area contributed by atoms with Gasteiger partial charge in [0.2, 0.25) is 0 Å². The number of anilines is 6. The second-order valence-corrected chi connectivity index (χ2v) is 13.5. The zero-order valence-electron chi connectivity index (χ0n) is 29.4. The number of benzene rings is 9. The van der Waals surface area contributed by atoms with Gasteiger partial charge in [0.1, 0.15) is 0 Å². The van der Waals surface area contributed by atoms with Crippen LogP contribution in [-0.2, 0) is 0 Å². The molecule has 10 rings (SSSR count). The van der Waals surface area contributed by atoms with E-state index >= 15 is 0 Å². The molecule has 254 valence electrons. The molecule has 0 aliphatic heterocycles. The average Bonchev–Trinajstić information content (AvgIpc) is 3.25. The van der Waals surface area contributed by atoms with Crippen molar-refractivity contribution in [1.82, 2.24) is 9.97 Å². The average molecular weight is 691 g/mol. The molecule has 0 bridgehead atoms. The Morgan fingerprint density at radius 3 is 1.46 bits per heavy atom. The lowest BCUT2D eigenvalue weighted by Gasteiger charge is -2.28. The predicted molar refractivity (Wildman–Crippen MR) is 227 cm³/mol. The zero-order chi connectivity index (χ0) is 35.8. The summed E-state index contributed by atoms with van der Waals surface area (Å²) in [5.74, 6) is 0. The summed E-state index contributed by atoms with van der Waals surface area (Å²) in [7, 11) is 0. The molecule has 0 fully saturated rings. The normalized spacial score (nSPS) is 11.3. The van der Waals surface area contributed by atoms with Crippen LogP contribution in [0.3, 0.4) is 0 Å². The molecule has 0 aliphatic carbocycles. The summed E-state index contributed by atoms with van der Waals surface area (Å²) in [6.45, 7) is 0. The molecule has 9 aromatic carbocycles. The minimum Gasteiger partial charge on any atom is -0.310 e. The lowest BCUT2D eigenvalue weighted by Crippen LogP contribution is -2.10. The Kier molecular flexibility index (Phi) is 7.77. The molecule has 0 amide bonds. The van der Waals surface area contributed by atoms with Crippen molar-refractivity contribution in [3.8, 4) is 11.3 Å². The van der Waals surface area contributed by atoms with Crippen molar-refractivity contribution in [2.75, 3.05) is 9.80 Å². The van der Waals surface area contributed by atoms with E-state index in [4.69, 9.17) is 9.97 Å². The Morgan fingerprint density at radius 2 is 0.833 bits per heavy atom.